The van der Waals surface area contributed by atoms with Gasteiger partial charge in [0.2, 0.25) is 0 Å². The molecule has 2 atom stereocenters. The van der Waals surface area contributed by atoms with E-state index >= 15 is 0 Å². The van der Waals surface area contributed by atoms with Crippen molar-refractivity contribution < 1.29 is 9.50 Å². The minimum absolute atomic E-state index is 0. The maximum Gasteiger partial charge on any atom is 0.119 e. The first-order chi connectivity index (χ1) is 6.77. The third kappa shape index (κ3) is 2.83. The van der Waals surface area contributed by atoms with Crippen molar-refractivity contribution in [1.82, 2.24) is 5.32 Å². The second-order valence-electron chi connectivity index (χ2n) is 3.71. The molecule has 0 bridgehead atoms. The van der Waals surface area contributed by atoms with E-state index in [2.05, 4.69) is 5.32 Å². The van der Waals surface area contributed by atoms with Crippen LogP contribution in [0.4, 0.5) is 4.39 Å². The minimum Gasteiger partial charge on any atom is -0.508 e. The SMILES string of the molecule is Cl.Oc1ccc([C@H]2CCNC[C@@H]2F)cc1. The molecule has 2 nitrogen and oxygen atoms in total. The molecule has 1 saturated heterocycles. The second-order valence-corrected chi connectivity index (χ2v) is 3.71. The molecule has 0 unspecified atom stereocenters. The number of rotatable bonds is 1. The highest BCUT2D eigenvalue weighted by molar-refractivity contribution is 5.85. The van der Waals surface area contributed by atoms with E-state index in [1.165, 1.54) is 0 Å². The smallest absolute Gasteiger partial charge is 0.119 e. The van der Waals surface area contributed by atoms with Gasteiger partial charge in [-0.2, -0.15) is 0 Å². The van der Waals surface area contributed by atoms with Gasteiger partial charge in [-0.1, -0.05) is 12.1 Å². The molecule has 0 aromatic heterocycles. The van der Waals surface area contributed by atoms with E-state index in [9.17, 15) is 4.39 Å². The van der Waals surface area contributed by atoms with Crippen LogP contribution in [-0.4, -0.2) is 24.4 Å². The molecule has 1 fully saturated rings. The molecule has 0 radical (unpaired) electrons. The van der Waals surface area contributed by atoms with Gasteiger partial charge >= 0.3 is 0 Å². The van der Waals surface area contributed by atoms with Crippen molar-refractivity contribution in [3.05, 3.63) is 29.8 Å². The summed E-state index contributed by atoms with van der Waals surface area (Å²) in [5.74, 6) is 0.218. The van der Waals surface area contributed by atoms with Gasteiger partial charge in [0.05, 0.1) is 0 Å². The van der Waals surface area contributed by atoms with Gasteiger partial charge in [0, 0.05) is 12.5 Å². The van der Waals surface area contributed by atoms with E-state index in [0.29, 0.717) is 6.54 Å². The third-order valence-electron chi connectivity index (χ3n) is 2.73. The maximum absolute atomic E-state index is 13.5. The van der Waals surface area contributed by atoms with E-state index in [1.807, 2.05) is 0 Å². The van der Waals surface area contributed by atoms with Crippen LogP contribution in [0.25, 0.3) is 0 Å². The van der Waals surface area contributed by atoms with Gasteiger partial charge in [-0.3, -0.25) is 0 Å². The zero-order valence-electron chi connectivity index (χ0n) is 8.32. The molecule has 84 valence electrons. The predicted molar refractivity (Wildman–Crippen MR) is 60.5 cm³/mol. The van der Waals surface area contributed by atoms with Gasteiger partial charge in [-0.25, -0.2) is 4.39 Å². The molecule has 1 heterocycles. The number of hydrogen-bond donors (Lipinski definition) is 2. The summed E-state index contributed by atoms with van der Waals surface area (Å²) in [7, 11) is 0. The van der Waals surface area contributed by atoms with Gasteiger partial charge < -0.3 is 10.4 Å². The van der Waals surface area contributed by atoms with Crippen LogP contribution >= 0.6 is 12.4 Å². The minimum atomic E-state index is -0.812. The van der Waals surface area contributed by atoms with E-state index < -0.39 is 6.17 Å². The Morgan fingerprint density at radius 1 is 1.27 bits per heavy atom. The number of aromatic hydroxyl groups is 1. The number of piperidine rings is 1. The average Bonchev–Trinajstić information content (AvgIpc) is 2.20. The fourth-order valence-electron chi connectivity index (χ4n) is 1.92. The predicted octanol–water partition coefficient (Wildman–Crippen LogP) is 2.23. The van der Waals surface area contributed by atoms with Crippen LogP contribution < -0.4 is 5.32 Å². The number of benzene rings is 1. The maximum atomic E-state index is 13.5. The molecule has 15 heavy (non-hydrogen) atoms. The highest BCUT2D eigenvalue weighted by Crippen LogP contribution is 2.28. The average molecular weight is 232 g/mol. The lowest BCUT2D eigenvalue weighted by atomic mass is 9.89. The van der Waals surface area contributed by atoms with Crippen molar-refractivity contribution >= 4 is 12.4 Å². The molecule has 1 aromatic carbocycles. The molecule has 0 aliphatic carbocycles. The number of phenolic OH excluding ortho intramolecular Hbond substituents is 1. The van der Waals surface area contributed by atoms with E-state index in [0.717, 1.165) is 18.5 Å². The first kappa shape index (κ1) is 12.3. The van der Waals surface area contributed by atoms with Crippen molar-refractivity contribution in [2.75, 3.05) is 13.1 Å². The molecular formula is C11H15ClFNO. The molecule has 4 heteroatoms. The van der Waals surface area contributed by atoms with Crippen molar-refractivity contribution in [3.8, 4) is 5.75 Å². The van der Waals surface area contributed by atoms with Gasteiger partial charge in [0.15, 0.2) is 0 Å². The summed E-state index contributed by atoms with van der Waals surface area (Å²) in [5.41, 5.74) is 0.983. The molecule has 1 aromatic rings. The van der Waals surface area contributed by atoms with Gasteiger partial charge in [0.1, 0.15) is 11.9 Å². The number of nitrogens with one attached hydrogen (secondary N) is 1. The zero-order valence-corrected chi connectivity index (χ0v) is 9.14. The number of alkyl halides is 1. The molecular weight excluding hydrogens is 217 g/mol. The monoisotopic (exact) mass is 231 g/mol. The fourth-order valence-corrected chi connectivity index (χ4v) is 1.92. The van der Waals surface area contributed by atoms with Crippen LogP contribution in [0, 0.1) is 0 Å². The summed E-state index contributed by atoms with van der Waals surface area (Å²) in [6.45, 7) is 1.30. The van der Waals surface area contributed by atoms with E-state index in [4.69, 9.17) is 5.11 Å². The highest BCUT2D eigenvalue weighted by Gasteiger charge is 2.25. The molecule has 0 saturated carbocycles. The van der Waals surface area contributed by atoms with Crippen molar-refractivity contribution in [1.29, 1.82) is 0 Å². The summed E-state index contributed by atoms with van der Waals surface area (Å²) < 4.78 is 13.5. The van der Waals surface area contributed by atoms with Crippen LogP contribution in [0.3, 0.4) is 0 Å². The van der Waals surface area contributed by atoms with Gasteiger partial charge in [-0.05, 0) is 30.7 Å². The van der Waals surface area contributed by atoms with Crippen molar-refractivity contribution in [3.63, 3.8) is 0 Å². The Kier molecular flexibility index (Phi) is 4.36. The van der Waals surface area contributed by atoms with Crippen LogP contribution in [0.5, 0.6) is 5.75 Å². The first-order valence-electron chi connectivity index (χ1n) is 4.91. The fraction of sp³-hybridized carbons (Fsp3) is 0.455. The Hall–Kier alpha value is -0.800. The Balaban J connectivity index is 0.00000112. The Morgan fingerprint density at radius 2 is 1.93 bits per heavy atom. The molecule has 1 aliphatic heterocycles. The normalized spacial score (nSPS) is 25.7. The highest BCUT2D eigenvalue weighted by atomic mass is 35.5. The quantitative estimate of drug-likeness (QED) is 0.777. The number of phenols is 1. The Morgan fingerprint density at radius 3 is 2.53 bits per heavy atom. The Bertz CT molecular complexity index is 304. The lowest BCUT2D eigenvalue weighted by molar-refractivity contribution is 0.231. The lowest BCUT2D eigenvalue weighted by Gasteiger charge is -2.26. The molecule has 1 aliphatic rings. The summed E-state index contributed by atoms with van der Waals surface area (Å²) in [6.07, 6.45) is 0.0136. The summed E-state index contributed by atoms with van der Waals surface area (Å²) in [6, 6.07) is 6.84. The van der Waals surface area contributed by atoms with Crippen LogP contribution in [0.1, 0.15) is 17.9 Å². The molecule has 2 N–H and O–H groups in total. The van der Waals surface area contributed by atoms with Crippen molar-refractivity contribution in [2.24, 2.45) is 0 Å². The van der Waals surface area contributed by atoms with E-state index in [1.54, 1.807) is 24.3 Å². The molecule has 2 rings (SSSR count). The standard InChI is InChI=1S/C11H14FNO.ClH/c12-11-7-13-6-5-10(11)8-1-3-9(14)4-2-8;/h1-4,10-11,13-14H,5-7H2;1H/t10-,11+;/m1./s1. The van der Waals surface area contributed by atoms with Crippen LogP contribution in [-0.2, 0) is 0 Å². The third-order valence-corrected chi connectivity index (χ3v) is 2.73. The first-order valence-corrected chi connectivity index (χ1v) is 4.91. The lowest BCUT2D eigenvalue weighted by Crippen LogP contribution is -2.36. The number of halogens is 2. The summed E-state index contributed by atoms with van der Waals surface area (Å²) in [4.78, 5) is 0. The van der Waals surface area contributed by atoms with Gasteiger partial charge in [-0.15, -0.1) is 12.4 Å². The van der Waals surface area contributed by atoms with Crippen molar-refractivity contribution in [2.45, 2.75) is 18.5 Å². The molecule has 0 amide bonds. The van der Waals surface area contributed by atoms with E-state index in [-0.39, 0.29) is 24.1 Å². The second kappa shape index (κ2) is 5.33. The number of hydrogen-bond acceptors (Lipinski definition) is 2. The zero-order chi connectivity index (χ0) is 9.97. The molecule has 0 spiro atoms. The van der Waals surface area contributed by atoms with Gasteiger partial charge in [0.25, 0.3) is 0 Å². The largest absolute Gasteiger partial charge is 0.508 e. The summed E-state index contributed by atoms with van der Waals surface area (Å²) >= 11 is 0. The van der Waals surface area contributed by atoms with Crippen LogP contribution in [0.2, 0.25) is 0 Å². The Labute approximate surface area is 94.9 Å². The topological polar surface area (TPSA) is 32.3 Å². The van der Waals surface area contributed by atoms with Crippen LogP contribution in [0.15, 0.2) is 24.3 Å². The summed E-state index contributed by atoms with van der Waals surface area (Å²) in [5, 5.41) is 12.1.